The fourth-order valence-electron chi connectivity index (χ4n) is 3.08. The SMILES string of the molecule is O=C(/C=C(\[O-])c1ccc(C(F)(F)F)c(Cl)c1)C1(C(F)(F)F)C(F)(F)C(F)(F)C(F)(F)C1(F)F. The van der Waals surface area contributed by atoms with E-state index in [-0.39, 0.29) is 18.2 Å². The van der Waals surface area contributed by atoms with Gasteiger partial charge in [0, 0.05) is 0 Å². The Hall–Kier alpha value is -2.26. The maximum absolute atomic E-state index is 14.0. The number of hydrogen-bond acceptors (Lipinski definition) is 2. The molecule has 2 rings (SSSR count). The van der Waals surface area contributed by atoms with Crippen molar-refractivity contribution in [1.29, 1.82) is 0 Å². The summed E-state index contributed by atoms with van der Waals surface area (Å²) in [5.74, 6) is -36.0. The maximum atomic E-state index is 14.0. The maximum Gasteiger partial charge on any atom is 0.417 e. The number of halogens is 15. The van der Waals surface area contributed by atoms with Crippen LogP contribution in [0.1, 0.15) is 11.1 Å². The molecule has 2 nitrogen and oxygen atoms in total. The van der Waals surface area contributed by atoms with E-state index in [2.05, 4.69) is 0 Å². The third kappa shape index (κ3) is 3.19. The molecule has 0 saturated heterocycles. The van der Waals surface area contributed by atoms with Gasteiger partial charge in [0.25, 0.3) is 5.41 Å². The molecule has 0 bridgehead atoms. The number of hydrogen-bond donors (Lipinski definition) is 0. The third-order valence-electron chi connectivity index (χ3n) is 4.74. The highest BCUT2D eigenvalue weighted by Crippen LogP contribution is 2.75. The second-order valence-corrected chi connectivity index (χ2v) is 7.02. The zero-order valence-corrected chi connectivity index (χ0v) is 15.6. The molecule has 1 aliphatic rings. The van der Waals surface area contributed by atoms with Crippen molar-refractivity contribution in [3.63, 3.8) is 0 Å². The first kappa shape index (κ1) is 27.0. The van der Waals surface area contributed by atoms with E-state index in [0.29, 0.717) is 0 Å². The summed E-state index contributed by atoms with van der Waals surface area (Å²) in [7, 11) is 0. The van der Waals surface area contributed by atoms with Gasteiger partial charge in [0.2, 0.25) is 0 Å². The molecule has 186 valence electrons. The normalized spacial score (nSPS) is 23.4. The Morgan fingerprint density at radius 2 is 1.24 bits per heavy atom. The second kappa shape index (κ2) is 7.12. The number of ketones is 1. The quantitative estimate of drug-likeness (QED) is 0.285. The first-order valence-corrected chi connectivity index (χ1v) is 8.19. The van der Waals surface area contributed by atoms with E-state index in [4.69, 9.17) is 11.6 Å². The van der Waals surface area contributed by atoms with Crippen LogP contribution in [0.5, 0.6) is 0 Å². The lowest BCUT2D eigenvalue weighted by atomic mass is 9.74. The van der Waals surface area contributed by atoms with Crippen LogP contribution in [0.4, 0.5) is 61.5 Å². The monoisotopic (exact) mass is 529 g/mol. The van der Waals surface area contributed by atoms with Crippen LogP contribution in [0, 0.1) is 5.41 Å². The van der Waals surface area contributed by atoms with Gasteiger partial charge in [-0.25, -0.2) is 0 Å². The summed E-state index contributed by atoms with van der Waals surface area (Å²) in [6.07, 6.45) is -13.9. The molecule has 1 saturated carbocycles. The van der Waals surface area contributed by atoms with Gasteiger partial charge in [-0.15, -0.1) is 0 Å². The number of rotatable bonds is 3. The molecule has 33 heavy (non-hydrogen) atoms. The molecule has 1 fully saturated rings. The first-order valence-electron chi connectivity index (χ1n) is 7.81. The number of alkyl halides is 14. The first-order chi connectivity index (χ1) is 14.4. The summed E-state index contributed by atoms with van der Waals surface area (Å²) in [6, 6.07) is 0.175. The van der Waals surface area contributed by atoms with Crippen molar-refractivity contribution in [1.82, 2.24) is 0 Å². The van der Waals surface area contributed by atoms with Crippen LogP contribution < -0.4 is 5.11 Å². The van der Waals surface area contributed by atoms with Crippen LogP contribution in [0.15, 0.2) is 24.3 Å². The minimum atomic E-state index is -7.48. The van der Waals surface area contributed by atoms with Crippen LogP contribution in [0.2, 0.25) is 5.02 Å². The molecule has 0 aromatic heterocycles. The molecule has 1 aliphatic carbocycles. The smallest absolute Gasteiger partial charge is 0.417 e. The fourth-order valence-corrected chi connectivity index (χ4v) is 3.36. The van der Waals surface area contributed by atoms with E-state index in [1.54, 1.807) is 0 Å². The van der Waals surface area contributed by atoms with E-state index >= 15 is 0 Å². The van der Waals surface area contributed by atoms with E-state index in [0.717, 1.165) is 0 Å². The van der Waals surface area contributed by atoms with Gasteiger partial charge in [0.05, 0.1) is 10.6 Å². The Labute approximate surface area is 177 Å². The Morgan fingerprint density at radius 3 is 1.58 bits per heavy atom. The van der Waals surface area contributed by atoms with Crippen LogP contribution in [0.3, 0.4) is 0 Å². The molecule has 17 heteroatoms. The minimum absolute atomic E-state index is 0.0223. The number of benzene rings is 1. The molecule has 1 aromatic carbocycles. The zero-order chi connectivity index (χ0) is 26.2. The van der Waals surface area contributed by atoms with Gasteiger partial charge >= 0.3 is 36.0 Å². The summed E-state index contributed by atoms with van der Waals surface area (Å²) in [6.45, 7) is 0. The number of carbonyl (C=O) groups excluding carboxylic acids is 1. The van der Waals surface area contributed by atoms with E-state index in [9.17, 15) is 71.4 Å². The molecule has 1 aromatic rings. The Bertz CT molecular complexity index is 979. The van der Waals surface area contributed by atoms with Gasteiger partial charge in [-0.05, 0) is 23.8 Å². The lowest BCUT2D eigenvalue weighted by molar-refractivity contribution is -0.341. The summed E-state index contributed by atoms with van der Waals surface area (Å²) in [4.78, 5) is 11.9. The van der Waals surface area contributed by atoms with Crippen LogP contribution >= 0.6 is 11.6 Å². The molecular weight excluding hydrogens is 526 g/mol. The van der Waals surface area contributed by atoms with Crippen molar-refractivity contribution in [3.05, 3.63) is 40.4 Å². The van der Waals surface area contributed by atoms with Gasteiger partial charge in [-0.2, -0.15) is 61.5 Å². The Morgan fingerprint density at radius 1 is 0.818 bits per heavy atom. The topological polar surface area (TPSA) is 40.1 Å². The molecular formula is C16H4ClF14O2-. The largest absolute Gasteiger partial charge is 0.872 e. The lowest BCUT2D eigenvalue weighted by Gasteiger charge is -2.37. The van der Waals surface area contributed by atoms with E-state index in [1.165, 1.54) is 0 Å². The number of allylic oxidation sites excluding steroid dienone is 1. The highest BCUT2D eigenvalue weighted by Gasteiger charge is 3.06. The molecule has 0 N–H and O–H groups in total. The van der Waals surface area contributed by atoms with Crippen molar-refractivity contribution in [3.8, 4) is 0 Å². The zero-order valence-electron chi connectivity index (χ0n) is 14.8. The third-order valence-corrected chi connectivity index (χ3v) is 5.05. The number of carbonyl (C=O) groups is 1. The van der Waals surface area contributed by atoms with E-state index < -0.39 is 75.2 Å². The molecule has 0 amide bonds. The Kier molecular flexibility index (Phi) is 5.82. The van der Waals surface area contributed by atoms with Gasteiger partial charge in [-0.1, -0.05) is 23.4 Å². The highest BCUT2D eigenvalue weighted by molar-refractivity contribution is 6.31. The average molecular weight is 530 g/mol. The molecule has 0 radical (unpaired) electrons. The summed E-state index contributed by atoms with van der Waals surface area (Å²) < 4.78 is 187. The van der Waals surface area contributed by atoms with Crippen molar-refractivity contribution < 1.29 is 71.4 Å². The molecule has 0 heterocycles. The van der Waals surface area contributed by atoms with Gasteiger partial charge in [-0.3, -0.25) is 4.79 Å². The lowest BCUT2D eigenvalue weighted by Crippen LogP contribution is -2.64. The van der Waals surface area contributed by atoms with Gasteiger partial charge < -0.3 is 5.11 Å². The van der Waals surface area contributed by atoms with Crippen molar-refractivity contribution >= 4 is 23.1 Å². The second-order valence-electron chi connectivity index (χ2n) is 6.61. The van der Waals surface area contributed by atoms with Crippen LogP contribution in [0.25, 0.3) is 5.76 Å². The molecule has 0 atom stereocenters. The highest BCUT2D eigenvalue weighted by atomic mass is 35.5. The van der Waals surface area contributed by atoms with Crippen molar-refractivity contribution in [2.75, 3.05) is 0 Å². The fraction of sp³-hybridized carbons (Fsp3) is 0.438. The van der Waals surface area contributed by atoms with Crippen LogP contribution in [-0.2, 0) is 11.0 Å². The standard InChI is InChI=1S/C16H5ClF14O2/c17-7-3-5(1-2-6(7)11(18,19)20)8(32)4-9(33)10(16(29,30)31)12(21,22)14(25,26)15(27,28)13(10,23)24/h1-4,32H/p-1/b8-4-. The summed E-state index contributed by atoms with van der Waals surface area (Å²) >= 11 is 5.20. The predicted molar refractivity (Wildman–Crippen MR) is 77.7 cm³/mol. The van der Waals surface area contributed by atoms with Gasteiger partial charge in [0.15, 0.2) is 5.78 Å². The summed E-state index contributed by atoms with van der Waals surface area (Å²) in [5, 5.41) is 10.6. The molecule has 0 aliphatic heterocycles. The molecule has 0 unspecified atom stereocenters. The Balaban J connectivity index is 2.77. The van der Waals surface area contributed by atoms with E-state index in [1.807, 2.05) is 0 Å². The van der Waals surface area contributed by atoms with Crippen LogP contribution in [-0.4, -0.2) is 35.6 Å². The predicted octanol–water partition coefficient (Wildman–Crippen LogP) is 5.73. The molecule has 0 spiro atoms. The minimum Gasteiger partial charge on any atom is -0.872 e. The average Bonchev–Trinajstić information content (AvgIpc) is 2.64. The summed E-state index contributed by atoms with van der Waals surface area (Å²) in [5.41, 5.74) is -10.0. The van der Waals surface area contributed by atoms with Crippen molar-refractivity contribution in [2.24, 2.45) is 5.41 Å². The van der Waals surface area contributed by atoms with Gasteiger partial charge in [0.1, 0.15) is 0 Å². The van der Waals surface area contributed by atoms with Crippen molar-refractivity contribution in [2.45, 2.75) is 36.0 Å².